The van der Waals surface area contributed by atoms with Crippen LogP contribution in [-0.4, -0.2) is 20.3 Å². The van der Waals surface area contributed by atoms with Crippen molar-refractivity contribution in [2.45, 2.75) is 12.2 Å². The van der Waals surface area contributed by atoms with E-state index in [2.05, 4.69) is 21.2 Å². The van der Waals surface area contributed by atoms with Crippen LogP contribution in [0, 0.1) is 0 Å². The Morgan fingerprint density at radius 3 is 2.41 bits per heavy atom. The summed E-state index contributed by atoms with van der Waals surface area (Å²) < 4.78 is 43.8. The number of hydrogen-bond donors (Lipinski definition) is 1. The van der Waals surface area contributed by atoms with Gasteiger partial charge in [-0.05, 0) is 35.1 Å². The van der Waals surface area contributed by atoms with Gasteiger partial charge in [0.15, 0.2) is 0 Å². The molecule has 0 amide bonds. The summed E-state index contributed by atoms with van der Waals surface area (Å²) in [5, 5.41) is 2.41. The van der Waals surface area contributed by atoms with Gasteiger partial charge in [-0.25, -0.2) is 0 Å². The Balaban J connectivity index is 3.37. The van der Waals surface area contributed by atoms with E-state index in [1.165, 1.54) is 26.3 Å². The lowest BCUT2D eigenvalue weighted by atomic mass is 10.1. The van der Waals surface area contributed by atoms with Gasteiger partial charge in [-0.1, -0.05) is 11.6 Å². The molecular formula is C10H10BrClF3NO. The first-order chi connectivity index (χ1) is 7.81. The van der Waals surface area contributed by atoms with Gasteiger partial charge in [-0.15, -0.1) is 0 Å². The number of nitrogens with one attached hydrogen (secondary N) is 1. The fraction of sp³-hybridized carbons (Fsp3) is 0.400. The van der Waals surface area contributed by atoms with Crippen LogP contribution in [0.2, 0.25) is 5.02 Å². The first kappa shape index (κ1) is 14.6. The monoisotopic (exact) mass is 331 g/mol. The average Bonchev–Trinajstić information content (AvgIpc) is 2.15. The van der Waals surface area contributed by atoms with Gasteiger partial charge in [0.05, 0.1) is 11.6 Å². The molecule has 17 heavy (non-hydrogen) atoms. The van der Waals surface area contributed by atoms with Crippen molar-refractivity contribution in [3.05, 3.63) is 27.2 Å². The van der Waals surface area contributed by atoms with Crippen LogP contribution in [0.4, 0.5) is 13.2 Å². The maximum atomic E-state index is 12.8. The van der Waals surface area contributed by atoms with Gasteiger partial charge in [-0.3, -0.25) is 0 Å². The summed E-state index contributed by atoms with van der Waals surface area (Å²) in [5.41, 5.74) is -0.0538. The Labute approximate surface area is 110 Å². The average molecular weight is 333 g/mol. The highest BCUT2D eigenvalue weighted by molar-refractivity contribution is 9.10. The molecule has 7 heteroatoms. The highest BCUT2D eigenvalue weighted by Crippen LogP contribution is 2.41. The second-order valence-corrected chi connectivity index (χ2v) is 4.56. The third-order valence-corrected chi connectivity index (χ3v) is 2.98. The zero-order valence-corrected chi connectivity index (χ0v) is 11.4. The molecule has 0 fully saturated rings. The summed E-state index contributed by atoms with van der Waals surface area (Å²) >= 11 is 8.87. The molecule has 1 rings (SSSR count). The zero-order chi connectivity index (χ0) is 13.2. The fourth-order valence-electron chi connectivity index (χ4n) is 1.51. The molecule has 0 spiro atoms. The maximum absolute atomic E-state index is 12.8. The third-order valence-electron chi connectivity index (χ3n) is 2.17. The Morgan fingerprint density at radius 1 is 1.41 bits per heavy atom. The maximum Gasteiger partial charge on any atom is 0.408 e. The second kappa shape index (κ2) is 5.46. The predicted octanol–water partition coefficient (Wildman–Crippen LogP) is 3.93. The van der Waals surface area contributed by atoms with Crippen molar-refractivity contribution in [3.63, 3.8) is 0 Å². The van der Waals surface area contributed by atoms with Gasteiger partial charge in [0.1, 0.15) is 11.8 Å². The normalized spacial score (nSPS) is 13.6. The molecule has 1 unspecified atom stereocenters. The Hall–Kier alpha value is -0.460. The SMILES string of the molecule is CNC(c1cc(Cl)cc(Br)c1OC)C(F)(F)F. The lowest BCUT2D eigenvalue weighted by Crippen LogP contribution is -2.32. The number of ether oxygens (including phenoxy) is 1. The summed E-state index contributed by atoms with van der Waals surface area (Å²) in [7, 11) is 2.53. The van der Waals surface area contributed by atoms with Gasteiger partial charge < -0.3 is 10.1 Å². The molecule has 1 aromatic rings. The van der Waals surface area contributed by atoms with E-state index in [0.29, 0.717) is 4.47 Å². The summed E-state index contributed by atoms with van der Waals surface area (Å²) in [6.07, 6.45) is -4.42. The molecule has 0 aliphatic carbocycles. The van der Waals surface area contributed by atoms with E-state index in [4.69, 9.17) is 16.3 Å². The van der Waals surface area contributed by atoms with Gasteiger partial charge in [0, 0.05) is 10.6 Å². The molecule has 0 saturated carbocycles. The van der Waals surface area contributed by atoms with Crippen LogP contribution in [0.25, 0.3) is 0 Å². The number of alkyl halides is 3. The quantitative estimate of drug-likeness (QED) is 0.905. The van der Waals surface area contributed by atoms with E-state index in [9.17, 15) is 13.2 Å². The summed E-state index contributed by atoms with van der Waals surface area (Å²) in [6, 6.07) is 0.889. The lowest BCUT2D eigenvalue weighted by molar-refractivity contribution is -0.156. The van der Waals surface area contributed by atoms with Crippen molar-refractivity contribution in [2.24, 2.45) is 0 Å². The molecule has 2 nitrogen and oxygen atoms in total. The van der Waals surface area contributed by atoms with Gasteiger partial charge in [0.25, 0.3) is 0 Å². The molecule has 1 aromatic carbocycles. The van der Waals surface area contributed by atoms with Crippen LogP contribution in [0.15, 0.2) is 16.6 Å². The van der Waals surface area contributed by atoms with Gasteiger partial charge in [0.2, 0.25) is 0 Å². The summed E-state index contributed by atoms with van der Waals surface area (Å²) in [4.78, 5) is 0. The molecule has 0 heterocycles. The summed E-state index contributed by atoms with van der Waals surface area (Å²) in [5.74, 6) is 0.117. The van der Waals surface area contributed by atoms with E-state index in [1.807, 2.05) is 0 Å². The van der Waals surface area contributed by atoms with Crippen molar-refractivity contribution in [1.82, 2.24) is 5.32 Å². The topological polar surface area (TPSA) is 21.3 Å². The fourth-order valence-corrected chi connectivity index (χ4v) is 2.50. The Kier molecular flexibility index (Phi) is 4.69. The molecular weight excluding hydrogens is 322 g/mol. The second-order valence-electron chi connectivity index (χ2n) is 3.27. The first-order valence-corrected chi connectivity index (χ1v) is 5.75. The van der Waals surface area contributed by atoms with Crippen molar-refractivity contribution in [1.29, 1.82) is 0 Å². The minimum absolute atomic E-state index is 0.0538. The van der Waals surface area contributed by atoms with Crippen molar-refractivity contribution in [3.8, 4) is 5.75 Å². The lowest BCUT2D eigenvalue weighted by Gasteiger charge is -2.22. The van der Waals surface area contributed by atoms with Crippen molar-refractivity contribution >= 4 is 27.5 Å². The van der Waals surface area contributed by atoms with E-state index >= 15 is 0 Å². The Bertz CT molecular complexity index is 411. The van der Waals surface area contributed by atoms with Gasteiger partial charge >= 0.3 is 6.18 Å². The molecule has 1 atom stereocenters. The standard InChI is InChI=1S/C10H10BrClF3NO/c1-16-9(10(13,14)15)6-3-5(12)4-7(11)8(6)17-2/h3-4,9,16H,1-2H3. The first-order valence-electron chi connectivity index (χ1n) is 4.58. The van der Waals surface area contributed by atoms with Crippen LogP contribution in [0.1, 0.15) is 11.6 Å². The highest BCUT2D eigenvalue weighted by atomic mass is 79.9. The number of halogens is 5. The molecule has 0 aromatic heterocycles. The minimum Gasteiger partial charge on any atom is -0.495 e. The van der Waals surface area contributed by atoms with Crippen LogP contribution in [0.3, 0.4) is 0 Å². The summed E-state index contributed by atoms with van der Waals surface area (Å²) in [6.45, 7) is 0. The predicted molar refractivity (Wildman–Crippen MR) is 63.6 cm³/mol. The molecule has 0 aliphatic rings. The third kappa shape index (κ3) is 3.26. The highest BCUT2D eigenvalue weighted by Gasteiger charge is 2.41. The van der Waals surface area contributed by atoms with E-state index < -0.39 is 12.2 Å². The molecule has 1 N–H and O–H groups in total. The number of rotatable bonds is 3. The van der Waals surface area contributed by atoms with Crippen LogP contribution in [0.5, 0.6) is 5.75 Å². The Morgan fingerprint density at radius 2 is 2.00 bits per heavy atom. The number of benzene rings is 1. The molecule has 96 valence electrons. The zero-order valence-electron chi connectivity index (χ0n) is 9.03. The molecule has 0 bridgehead atoms. The van der Waals surface area contributed by atoms with Crippen molar-refractivity contribution in [2.75, 3.05) is 14.2 Å². The smallest absolute Gasteiger partial charge is 0.408 e. The number of hydrogen-bond acceptors (Lipinski definition) is 2. The van der Waals surface area contributed by atoms with E-state index in [1.54, 1.807) is 0 Å². The largest absolute Gasteiger partial charge is 0.495 e. The van der Waals surface area contributed by atoms with Crippen LogP contribution < -0.4 is 10.1 Å². The molecule has 0 aliphatic heterocycles. The molecule has 0 saturated heterocycles. The van der Waals surface area contributed by atoms with Crippen molar-refractivity contribution < 1.29 is 17.9 Å². The minimum atomic E-state index is -4.42. The van der Waals surface area contributed by atoms with Crippen LogP contribution in [-0.2, 0) is 0 Å². The van der Waals surface area contributed by atoms with E-state index in [0.717, 1.165) is 0 Å². The number of methoxy groups -OCH3 is 1. The van der Waals surface area contributed by atoms with Gasteiger partial charge in [-0.2, -0.15) is 13.2 Å². The van der Waals surface area contributed by atoms with Crippen LogP contribution >= 0.6 is 27.5 Å². The van der Waals surface area contributed by atoms with E-state index in [-0.39, 0.29) is 16.3 Å². The molecule has 0 radical (unpaired) electrons.